The topological polar surface area (TPSA) is 40.5 Å². The third-order valence-corrected chi connectivity index (χ3v) is 3.36. The van der Waals surface area contributed by atoms with Gasteiger partial charge >= 0.3 is 0 Å². The fraction of sp³-hybridized carbons (Fsp3) is 1.00. The van der Waals surface area contributed by atoms with Crippen LogP contribution in [0.5, 0.6) is 0 Å². The van der Waals surface area contributed by atoms with Crippen LogP contribution in [0.4, 0.5) is 0 Å². The van der Waals surface area contributed by atoms with Crippen LogP contribution in [-0.4, -0.2) is 22.4 Å². The minimum Gasteiger partial charge on any atom is -0.393 e. The van der Waals surface area contributed by atoms with Crippen molar-refractivity contribution < 1.29 is 10.2 Å². The zero-order valence-corrected chi connectivity index (χ0v) is 6.74. The van der Waals surface area contributed by atoms with Gasteiger partial charge in [-0.05, 0) is 31.6 Å². The first-order valence-electron chi connectivity index (χ1n) is 4.65. The minimum atomic E-state index is -0.221. The number of hydrogen-bond acceptors (Lipinski definition) is 2. The summed E-state index contributed by atoms with van der Waals surface area (Å²) in [7, 11) is 0. The second-order valence-corrected chi connectivity index (χ2v) is 3.99. The average molecular weight is 156 g/mol. The summed E-state index contributed by atoms with van der Waals surface area (Å²) in [4.78, 5) is 0. The first-order valence-corrected chi connectivity index (χ1v) is 4.65. The molecule has 2 bridgehead atoms. The Bertz CT molecular complexity index is 146. The van der Waals surface area contributed by atoms with Gasteiger partial charge in [-0.2, -0.15) is 0 Å². The van der Waals surface area contributed by atoms with Crippen molar-refractivity contribution in [1.82, 2.24) is 0 Å². The van der Waals surface area contributed by atoms with Gasteiger partial charge in [0.1, 0.15) is 0 Å². The highest BCUT2D eigenvalue weighted by atomic mass is 16.3. The van der Waals surface area contributed by atoms with Crippen LogP contribution in [0.2, 0.25) is 0 Å². The van der Waals surface area contributed by atoms with Crippen LogP contribution in [0.3, 0.4) is 0 Å². The van der Waals surface area contributed by atoms with E-state index in [2.05, 4.69) is 0 Å². The lowest BCUT2D eigenvalue weighted by Gasteiger charge is -2.42. The van der Waals surface area contributed by atoms with Gasteiger partial charge in [0, 0.05) is 5.92 Å². The predicted octanol–water partition coefficient (Wildman–Crippen LogP) is 0.918. The second-order valence-electron chi connectivity index (χ2n) is 3.99. The molecule has 2 aliphatic carbocycles. The Morgan fingerprint density at radius 3 is 2.45 bits per heavy atom. The standard InChI is InChI=1S/C9H16O2/c10-8-5-4-6-2-1-3-7(8)9(6)11/h6-11H,1-5H2/t6-,7+,8+,9+/m0/s1. The zero-order chi connectivity index (χ0) is 7.84. The molecule has 0 saturated heterocycles. The molecule has 64 valence electrons. The molecule has 0 amide bonds. The van der Waals surface area contributed by atoms with Gasteiger partial charge < -0.3 is 10.2 Å². The quantitative estimate of drug-likeness (QED) is 0.547. The van der Waals surface area contributed by atoms with E-state index in [1.807, 2.05) is 0 Å². The van der Waals surface area contributed by atoms with E-state index >= 15 is 0 Å². The van der Waals surface area contributed by atoms with Crippen LogP contribution in [0.1, 0.15) is 32.1 Å². The van der Waals surface area contributed by atoms with E-state index in [0.29, 0.717) is 5.92 Å². The number of rotatable bonds is 0. The van der Waals surface area contributed by atoms with Crippen molar-refractivity contribution in [3.05, 3.63) is 0 Å². The third-order valence-electron chi connectivity index (χ3n) is 3.36. The largest absolute Gasteiger partial charge is 0.393 e. The van der Waals surface area contributed by atoms with Crippen LogP contribution in [-0.2, 0) is 0 Å². The fourth-order valence-electron chi connectivity index (χ4n) is 2.64. The molecule has 0 heterocycles. The van der Waals surface area contributed by atoms with Crippen LogP contribution in [0.15, 0.2) is 0 Å². The smallest absolute Gasteiger partial charge is 0.0621 e. The highest BCUT2D eigenvalue weighted by Gasteiger charge is 2.39. The van der Waals surface area contributed by atoms with E-state index in [1.54, 1.807) is 0 Å². The Balaban J connectivity index is 2.09. The van der Waals surface area contributed by atoms with Gasteiger partial charge in [0.05, 0.1) is 12.2 Å². The summed E-state index contributed by atoms with van der Waals surface area (Å²) in [6.45, 7) is 0. The molecule has 2 aliphatic rings. The summed E-state index contributed by atoms with van der Waals surface area (Å²) in [5.41, 5.74) is 0. The van der Waals surface area contributed by atoms with Gasteiger partial charge in [0.2, 0.25) is 0 Å². The van der Waals surface area contributed by atoms with Gasteiger partial charge in [0.15, 0.2) is 0 Å². The van der Waals surface area contributed by atoms with Crippen molar-refractivity contribution in [3.8, 4) is 0 Å². The maximum Gasteiger partial charge on any atom is 0.0621 e. The highest BCUT2D eigenvalue weighted by molar-refractivity contribution is 4.90. The molecule has 2 heteroatoms. The maximum absolute atomic E-state index is 9.70. The van der Waals surface area contributed by atoms with E-state index in [9.17, 15) is 10.2 Å². The number of hydrogen-bond donors (Lipinski definition) is 2. The SMILES string of the molecule is O[C@@H]1[C@H]2CCC[C@@H]1[C@H](O)CC2. The Morgan fingerprint density at radius 1 is 0.909 bits per heavy atom. The number of fused-ring (bicyclic) bond motifs is 2. The van der Waals surface area contributed by atoms with Crippen molar-refractivity contribution in [1.29, 1.82) is 0 Å². The Labute approximate surface area is 67.2 Å². The van der Waals surface area contributed by atoms with Crippen molar-refractivity contribution in [2.24, 2.45) is 11.8 Å². The molecule has 4 atom stereocenters. The first-order chi connectivity index (χ1) is 5.29. The molecule has 0 aromatic heterocycles. The predicted molar refractivity (Wildman–Crippen MR) is 42.1 cm³/mol. The third kappa shape index (κ3) is 1.18. The summed E-state index contributed by atoms with van der Waals surface area (Å²) in [6.07, 6.45) is 4.91. The average Bonchev–Trinajstić information content (AvgIpc) is 1.98. The molecule has 0 spiro atoms. The Kier molecular flexibility index (Phi) is 1.90. The molecular weight excluding hydrogens is 140 g/mol. The molecule has 2 nitrogen and oxygen atoms in total. The summed E-state index contributed by atoms with van der Waals surface area (Å²) < 4.78 is 0. The molecule has 0 aromatic rings. The van der Waals surface area contributed by atoms with Gasteiger partial charge in [-0.25, -0.2) is 0 Å². The molecule has 2 N–H and O–H groups in total. The van der Waals surface area contributed by atoms with Crippen molar-refractivity contribution >= 4 is 0 Å². The molecule has 11 heavy (non-hydrogen) atoms. The van der Waals surface area contributed by atoms with Crippen LogP contribution < -0.4 is 0 Å². The fourth-order valence-corrected chi connectivity index (χ4v) is 2.64. The zero-order valence-electron chi connectivity index (χ0n) is 6.74. The lowest BCUT2D eigenvalue weighted by molar-refractivity contribution is -0.0810. The first kappa shape index (κ1) is 7.56. The van der Waals surface area contributed by atoms with Gasteiger partial charge in [0.25, 0.3) is 0 Å². The van der Waals surface area contributed by atoms with E-state index < -0.39 is 0 Å². The lowest BCUT2D eigenvalue weighted by Crippen LogP contribution is -2.44. The van der Waals surface area contributed by atoms with Crippen LogP contribution >= 0.6 is 0 Å². The van der Waals surface area contributed by atoms with Crippen molar-refractivity contribution in [2.45, 2.75) is 44.3 Å². The molecule has 2 saturated carbocycles. The molecule has 0 aliphatic heterocycles. The normalized spacial score (nSPS) is 50.7. The molecule has 0 unspecified atom stereocenters. The van der Waals surface area contributed by atoms with Crippen molar-refractivity contribution in [3.63, 3.8) is 0 Å². The molecule has 0 aromatic carbocycles. The van der Waals surface area contributed by atoms with E-state index in [1.165, 1.54) is 12.8 Å². The van der Waals surface area contributed by atoms with Gasteiger partial charge in [-0.1, -0.05) is 6.42 Å². The number of aliphatic hydroxyl groups excluding tert-OH is 2. The Morgan fingerprint density at radius 2 is 1.73 bits per heavy atom. The lowest BCUT2D eigenvalue weighted by atomic mass is 9.69. The van der Waals surface area contributed by atoms with Crippen molar-refractivity contribution in [2.75, 3.05) is 0 Å². The Hall–Kier alpha value is -0.0800. The minimum absolute atomic E-state index is 0.197. The van der Waals surface area contributed by atoms with Gasteiger partial charge in [-0.3, -0.25) is 0 Å². The number of aliphatic hydroxyl groups is 2. The van der Waals surface area contributed by atoms with Gasteiger partial charge in [-0.15, -0.1) is 0 Å². The summed E-state index contributed by atoms with van der Waals surface area (Å²) in [6, 6.07) is 0. The van der Waals surface area contributed by atoms with E-state index in [-0.39, 0.29) is 18.1 Å². The second kappa shape index (κ2) is 2.76. The molecule has 0 radical (unpaired) electrons. The van der Waals surface area contributed by atoms with Crippen LogP contribution in [0.25, 0.3) is 0 Å². The monoisotopic (exact) mass is 156 g/mol. The summed E-state index contributed by atoms with van der Waals surface area (Å²) in [5, 5.41) is 19.2. The van der Waals surface area contributed by atoms with E-state index in [0.717, 1.165) is 19.3 Å². The maximum atomic E-state index is 9.70. The molecule has 2 fully saturated rings. The molecular formula is C9H16O2. The summed E-state index contributed by atoms with van der Waals surface area (Å²) >= 11 is 0. The highest BCUT2D eigenvalue weighted by Crippen LogP contribution is 2.39. The summed E-state index contributed by atoms with van der Waals surface area (Å²) in [5.74, 6) is 0.694. The van der Waals surface area contributed by atoms with Crippen LogP contribution in [0, 0.1) is 11.8 Å². The van der Waals surface area contributed by atoms with E-state index in [4.69, 9.17) is 0 Å². The molecule has 2 rings (SSSR count).